The molecule has 35 heavy (non-hydrogen) atoms. The molecule has 0 aromatic carbocycles. The molecule has 11 atom stereocenters. The fourth-order valence-corrected chi connectivity index (χ4v) is 9.32. The zero-order valence-corrected chi connectivity index (χ0v) is 22.0. The highest BCUT2D eigenvalue weighted by atomic mass is 16.5. The number of aliphatic hydroxyl groups excluding tert-OH is 1. The van der Waals surface area contributed by atoms with Crippen LogP contribution in [0.1, 0.15) is 92.4 Å². The lowest BCUT2D eigenvalue weighted by molar-refractivity contribution is -0.218. The zero-order valence-electron chi connectivity index (χ0n) is 22.0. The van der Waals surface area contributed by atoms with Gasteiger partial charge in [-0.3, -0.25) is 14.4 Å². The fraction of sp³-hybridized carbons (Fsp3) is 0.893. The summed E-state index contributed by atoms with van der Waals surface area (Å²) in [5.41, 5.74) is -0.303. The van der Waals surface area contributed by atoms with E-state index >= 15 is 0 Å². The molecule has 4 aliphatic rings. The molecule has 4 fully saturated rings. The summed E-state index contributed by atoms with van der Waals surface area (Å²) in [5, 5.41) is 20.9. The van der Waals surface area contributed by atoms with Crippen molar-refractivity contribution < 1.29 is 34.1 Å². The molecule has 0 amide bonds. The number of rotatable bonds is 6. The Balaban J connectivity index is 1.64. The van der Waals surface area contributed by atoms with E-state index in [2.05, 4.69) is 20.8 Å². The molecule has 0 bridgehead atoms. The number of carboxylic acid groups (broad SMARTS) is 1. The fourth-order valence-electron chi connectivity index (χ4n) is 9.32. The Morgan fingerprint density at radius 3 is 2.29 bits per heavy atom. The lowest BCUT2D eigenvalue weighted by Crippen LogP contribution is -2.63. The quantitative estimate of drug-likeness (QED) is 0.522. The summed E-state index contributed by atoms with van der Waals surface area (Å²) in [4.78, 5) is 35.0. The van der Waals surface area contributed by atoms with Crippen LogP contribution < -0.4 is 0 Å². The van der Waals surface area contributed by atoms with Crippen molar-refractivity contribution in [2.45, 2.75) is 111 Å². The van der Waals surface area contributed by atoms with E-state index in [0.717, 1.165) is 38.5 Å². The van der Waals surface area contributed by atoms with Gasteiger partial charge in [0.2, 0.25) is 0 Å². The maximum atomic E-state index is 12.2. The van der Waals surface area contributed by atoms with E-state index < -0.39 is 12.1 Å². The van der Waals surface area contributed by atoms with Crippen LogP contribution >= 0.6 is 0 Å². The van der Waals surface area contributed by atoms with E-state index in [1.54, 1.807) is 0 Å². The molecular formula is C28H44O7. The van der Waals surface area contributed by atoms with Gasteiger partial charge in [-0.25, -0.2) is 0 Å². The number of carboxylic acids is 1. The molecule has 0 aliphatic heterocycles. The van der Waals surface area contributed by atoms with Crippen molar-refractivity contribution in [3.05, 3.63) is 0 Å². The van der Waals surface area contributed by atoms with E-state index in [-0.39, 0.29) is 76.9 Å². The third kappa shape index (κ3) is 4.62. The Hall–Kier alpha value is -1.63. The lowest BCUT2D eigenvalue weighted by Gasteiger charge is -2.64. The van der Waals surface area contributed by atoms with Crippen LogP contribution in [0, 0.1) is 46.3 Å². The number of hydrogen-bond acceptors (Lipinski definition) is 6. The lowest BCUT2D eigenvalue weighted by atomic mass is 9.43. The number of carbonyl (C=O) groups is 3. The number of ether oxygens (including phenoxy) is 2. The molecule has 0 unspecified atom stereocenters. The SMILES string of the molecule is CC(=O)O[C@@H]1CC[C@@]2(C)[C@H](C1)C[C@@H](OC(C)=O)[C@@H]1[C@@H]2C[C@H](O)[C@]2(C)[C@@H]([C@H](C)CCC(=O)O)CC[C@@H]12. The van der Waals surface area contributed by atoms with Crippen molar-refractivity contribution in [3.8, 4) is 0 Å². The van der Waals surface area contributed by atoms with Gasteiger partial charge in [-0.05, 0) is 91.8 Å². The summed E-state index contributed by atoms with van der Waals surface area (Å²) < 4.78 is 11.6. The van der Waals surface area contributed by atoms with Crippen LogP contribution in [0.15, 0.2) is 0 Å². The minimum absolute atomic E-state index is 0.00723. The molecule has 2 N–H and O–H groups in total. The van der Waals surface area contributed by atoms with Crippen LogP contribution in [-0.4, -0.2) is 46.4 Å². The highest BCUT2D eigenvalue weighted by molar-refractivity contribution is 5.67. The van der Waals surface area contributed by atoms with Gasteiger partial charge >= 0.3 is 17.9 Å². The average Bonchev–Trinajstić information content (AvgIpc) is 3.11. The molecular weight excluding hydrogens is 448 g/mol. The predicted molar refractivity (Wildman–Crippen MR) is 129 cm³/mol. The first kappa shape index (κ1) is 26.4. The number of esters is 2. The van der Waals surface area contributed by atoms with Crippen LogP contribution in [0.4, 0.5) is 0 Å². The smallest absolute Gasteiger partial charge is 0.303 e. The van der Waals surface area contributed by atoms with Crippen molar-refractivity contribution in [2.75, 3.05) is 0 Å². The molecule has 0 saturated heterocycles. The number of carbonyl (C=O) groups excluding carboxylic acids is 2. The molecule has 4 saturated carbocycles. The molecule has 198 valence electrons. The summed E-state index contributed by atoms with van der Waals surface area (Å²) >= 11 is 0. The summed E-state index contributed by atoms with van der Waals surface area (Å²) in [7, 11) is 0. The standard InChI is InChI=1S/C28H44O7/c1-15(6-9-25(32)33)20-7-8-21-26-22(14-24(31)28(20,21)5)27(4)11-10-19(34-16(2)29)12-18(27)13-23(26)35-17(3)30/h15,18-24,26,31H,6-14H2,1-5H3,(H,32,33)/t15-,18-,19-,20-,21+,22+,23-,24+,26+,27+,28-/m1/s1. The molecule has 0 aromatic heterocycles. The normalized spacial score (nSPS) is 45.4. The van der Waals surface area contributed by atoms with Crippen molar-refractivity contribution in [1.82, 2.24) is 0 Å². The molecule has 0 aromatic rings. The summed E-state index contributed by atoms with van der Waals surface area (Å²) in [5.74, 6) is 0.128. The summed E-state index contributed by atoms with van der Waals surface area (Å²) in [6.45, 7) is 9.63. The average molecular weight is 493 g/mol. The second-order valence-corrected chi connectivity index (χ2v) is 12.6. The van der Waals surface area contributed by atoms with E-state index in [0.29, 0.717) is 12.8 Å². The Bertz CT molecular complexity index is 841. The van der Waals surface area contributed by atoms with Crippen molar-refractivity contribution >= 4 is 17.9 Å². The Morgan fingerprint density at radius 1 is 0.971 bits per heavy atom. The van der Waals surface area contributed by atoms with E-state index in [1.165, 1.54) is 13.8 Å². The van der Waals surface area contributed by atoms with Gasteiger partial charge in [0.15, 0.2) is 0 Å². The molecule has 0 radical (unpaired) electrons. The number of aliphatic hydroxyl groups is 1. The first-order valence-corrected chi connectivity index (χ1v) is 13.6. The van der Waals surface area contributed by atoms with Gasteiger partial charge in [0, 0.05) is 26.2 Å². The predicted octanol–water partition coefficient (Wildman–Crippen LogP) is 4.59. The topological polar surface area (TPSA) is 110 Å². The summed E-state index contributed by atoms with van der Waals surface area (Å²) in [6, 6.07) is 0. The van der Waals surface area contributed by atoms with Crippen molar-refractivity contribution in [1.29, 1.82) is 0 Å². The zero-order chi connectivity index (χ0) is 25.7. The first-order valence-electron chi connectivity index (χ1n) is 13.6. The van der Waals surface area contributed by atoms with Crippen LogP contribution in [0.2, 0.25) is 0 Å². The number of hydrogen-bond donors (Lipinski definition) is 2. The molecule has 0 heterocycles. The minimum Gasteiger partial charge on any atom is -0.481 e. The molecule has 7 nitrogen and oxygen atoms in total. The molecule has 7 heteroatoms. The van der Waals surface area contributed by atoms with Gasteiger partial charge < -0.3 is 19.7 Å². The third-order valence-electron chi connectivity index (χ3n) is 10.9. The van der Waals surface area contributed by atoms with E-state index in [9.17, 15) is 24.6 Å². The number of fused-ring (bicyclic) bond motifs is 5. The van der Waals surface area contributed by atoms with Crippen LogP contribution in [0.25, 0.3) is 0 Å². The van der Waals surface area contributed by atoms with Gasteiger partial charge in [0.1, 0.15) is 12.2 Å². The van der Waals surface area contributed by atoms with Gasteiger partial charge in [-0.2, -0.15) is 0 Å². The van der Waals surface area contributed by atoms with Gasteiger partial charge in [-0.1, -0.05) is 20.8 Å². The van der Waals surface area contributed by atoms with Gasteiger partial charge in [0.25, 0.3) is 0 Å². The highest BCUT2D eigenvalue weighted by Crippen LogP contribution is 2.68. The Kier molecular flexibility index (Phi) is 7.31. The Morgan fingerprint density at radius 2 is 1.66 bits per heavy atom. The maximum Gasteiger partial charge on any atom is 0.303 e. The largest absolute Gasteiger partial charge is 0.481 e. The minimum atomic E-state index is -0.772. The second kappa shape index (κ2) is 9.68. The van der Waals surface area contributed by atoms with Crippen molar-refractivity contribution in [2.24, 2.45) is 46.3 Å². The third-order valence-corrected chi connectivity index (χ3v) is 10.9. The van der Waals surface area contributed by atoms with E-state index in [4.69, 9.17) is 9.47 Å². The number of aliphatic carboxylic acids is 1. The van der Waals surface area contributed by atoms with E-state index in [1.807, 2.05) is 0 Å². The highest BCUT2D eigenvalue weighted by Gasteiger charge is 2.66. The van der Waals surface area contributed by atoms with Gasteiger partial charge in [0.05, 0.1) is 6.10 Å². The first-order chi connectivity index (χ1) is 16.4. The second-order valence-electron chi connectivity index (χ2n) is 12.6. The van der Waals surface area contributed by atoms with Crippen LogP contribution in [-0.2, 0) is 23.9 Å². The molecule has 4 aliphatic carbocycles. The monoisotopic (exact) mass is 492 g/mol. The summed E-state index contributed by atoms with van der Waals surface area (Å²) in [6.07, 6.45) is 5.99. The molecule has 0 spiro atoms. The van der Waals surface area contributed by atoms with Crippen LogP contribution in [0.5, 0.6) is 0 Å². The molecule has 4 rings (SSSR count). The maximum absolute atomic E-state index is 12.2. The van der Waals surface area contributed by atoms with Gasteiger partial charge in [-0.15, -0.1) is 0 Å². The van der Waals surface area contributed by atoms with Crippen molar-refractivity contribution in [3.63, 3.8) is 0 Å². The van der Waals surface area contributed by atoms with Crippen LogP contribution in [0.3, 0.4) is 0 Å². The Labute approximate surface area is 209 Å².